The van der Waals surface area contributed by atoms with E-state index in [0.29, 0.717) is 40.5 Å². The van der Waals surface area contributed by atoms with Crippen molar-refractivity contribution in [1.29, 1.82) is 0 Å². The first-order valence-corrected chi connectivity index (χ1v) is 11.8. The molecule has 2 amide bonds. The SMILES string of the molecule is CCOc1cc(C(CN2C(=O)c3cccc(-n4cccc4)c3C2=O)[S+](C)[O-])ccc1OC. The Morgan fingerprint density at radius 2 is 1.78 bits per heavy atom. The van der Waals surface area contributed by atoms with Crippen molar-refractivity contribution >= 4 is 23.0 Å². The van der Waals surface area contributed by atoms with Crippen molar-refractivity contribution < 1.29 is 23.6 Å². The molecule has 0 bridgehead atoms. The zero-order valence-corrected chi connectivity index (χ0v) is 18.9. The Bertz CT molecular complexity index is 1140. The van der Waals surface area contributed by atoms with Crippen molar-refractivity contribution in [3.8, 4) is 17.2 Å². The van der Waals surface area contributed by atoms with Crippen molar-refractivity contribution in [2.45, 2.75) is 12.2 Å². The van der Waals surface area contributed by atoms with Gasteiger partial charge in [-0.05, 0) is 54.5 Å². The number of nitrogens with zero attached hydrogens (tertiary/aromatic N) is 2. The Kier molecular flexibility index (Phi) is 6.25. The van der Waals surface area contributed by atoms with Gasteiger partial charge in [-0.15, -0.1) is 0 Å². The predicted molar refractivity (Wildman–Crippen MR) is 122 cm³/mol. The van der Waals surface area contributed by atoms with Gasteiger partial charge in [0, 0.05) is 18.0 Å². The van der Waals surface area contributed by atoms with Crippen LogP contribution >= 0.6 is 0 Å². The van der Waals surface area contributed by atoms with E-state index in [1.807, 2.05) is 31.5 Å². The topological polar surface area (TPSA) is 83.8 Å². The Hall–Kier alpha value is -3.23. The summed E-state index contributed by atoms with van der Waals surface area (Å²) < 4.78 is 25.5. The molecule has 2 unspecified atom stereocenters. The van der Waals surface area contributed by atoms with Crippen LogP contribution in [0.25, 0.3) is 5.69 Å². The molecule has 0 saturated carbocycles. The Morgan fingerprint density at radius 3 is 2.44 bits per heavy atom. The molecule has 166 valence electrons. The molecule has 3 aromatic rings. The number of ether oxygens (including phenoxy) is 2. The molecule has 8 heteroatoms. The van der Waals surface area contributed by atoms with Gasteiger partial charge >= 0.3 is 0 Å². The minimum absolute atomic E-state index is 0.00152. The summed E-state index contributed by atoms with van der Waals surface area (Å²) in [4.78, 5) is 27.7. The maximum atomic E-state index is 13.3. The van der Waals surface area contributed by atoms with Crippen molar-refractivity contribution in [3.63, 3.8) is 0 Å². The molecule has 0 saturated heterocycles. The highest BCUT2D eigenvalue weighted by molar-refractivity contribution is 7.91. The number of aromatic nitrogens is 1. The molecule has 1 aliphatic heterocycles. The fourth-order valence-corrected chi connectivity index (χ4v) is 4.81. The second-order valence-electron chi connectivity index (χ2n) is 7.34. The monoisotopic (exact) mass is 452 g/mol. The quantitative estimate of drug-likeness (QED) is 0.385. The van der Waals surface area contributed by atoms with E-state index in [0.717, 1.165) is 0 Å². The van der Waals surface area contributed by atoms with Gasteiger partial charge in [-0.25, -0.2) is 0 Å². The number of carbonyl (C=O) groups excluding carboxylic acids is 2. The second-order valence-corrected chi connectivity index (χ2v) is 8.91. The lowest BCUT2D eigenvalue weighted by Crippen LogP contribution is -2.36. The molecule has 0 fully saturated rings. The van der Waals surface area contributed by atoms with Crippen LogP contribution in [0.4, 0.5) is 0 Å². The first-order valence-electron chi connectivity index (χ1n) is 10.2. The molecule has 4 rings (SSSR count). The van der Waals surface area contributed by atoms with Crippen LogP contribution in [0.1, 0.15) is 38.5 Å². The van der Waals surface area contributed by atoms with E-state index in [9.17, 15) is 14.1 Å². The van der Waals surface area contributed by atoms with Crippen LogP contribution in [0.15, 0.2) is 60.9 Å². The highest BCUT2D eigenvalue weighted by Crippen LogP contribution is 2.35. The number of methoxy groups -OCH3 is 1. The summed E-state index contributed by atoms with van der Waals surface area (Å²) in [6.07, 6.45) is 5.22. The van der Waals surface area contributed by atoms with Gasteiger partial charge in [0.05, 0.1) is 43.3 Å². The Morgan fingerprint density at radius 1 is 1.03 bits per heavy atom. The number of benzene rings is 2. The molecule has 2 atom stereocenters. The number of amides is 2. The summed E-state index contributed by atoms with van der Waals surface area (Å²) in [6.45, 7) is 2.31. The van der Waals surface area contributed by atoms with Crippen LogP contribution in [0.2, 0.25) is 0 Å². The van der Waals surface area contributed by atoms with Gasteiger partial charge in [-0.3, -0.25) is 14.5 Å². The van der Waals surface area contributed by atoms with E-state index in [1.54, 1.807) is 54.3 Å². The molecule has 32 heavy (non-hydrogen) atoms. The van der Waals surface area contributed by atoms with Gasteiger partial charge in [0.2, 0.25) is 0 Å². The molecule has 1 aromatic heterocycles. The first kappa shape index (κ1) is 22.0. The van der Waals surface area contributed by atoms with Gasteiger partial charge < -0.3 is 18.6 Å². The molecule has 0 radical (unpaired) electrons. The number of hydrogen-bond acceptors (Lipinski definition) is 5. The van der Waals surface area contributed by atoms with E-state index in [2.05, 4.69) is 0 Å². The summed E-state index contributed by atoms with van der Waals surface area (Å²) in [5, 5.41) is -0.572. The standard InChI is InChI=1S/C24H24N2O5S/c1-4-31-20-14-16(10-11-19(20)30-2)21(32(3)29)15-26-23(27)17-8-7-9-18(22(17)24(26)28)25-12-5-6-13-25/h5-14,21H,4,15H2,1-3H3. The summed E-state index contributed by atoms with van der Waals surface area (Å²) in [7, 11) is 1.55. The Labute approximate surface area is 189 Å². The van der Waals surface area contributed by atoms with Gasteiger partial charge in [0.1, 0.15) is 0 Å². The summed E-state index contributed by atoms with van der Waals surface area (Å²) in [6, 6.07) is 14.2. The molecule has 2 aromatic carbocycles. The number of rotatable bonds is 8. The lowest BCUT2D eigenvalue weighted by Gasteiger charge is -2.24. The minimum atomic E-state index is -1.35. The van der Waals surface area contributed by atoms with Crippen LogP contribution in [-0.4, -0.2) is 52.4 Å². The lowest BCUT2D eigenvalue weighted by atomic mass is 10.1. The van der Waals surface area contributed by atoms with E-state index in [-0.39, 0.29) is 18.4 Å². The highest BCUT2D eigenvalue weighted by Gasteiger charge is 2.41. The zero-order chi connectivity index (χ0) is 22.8. The fourth-order valence-electron chi connectivity index (χ4n) is 3.92. The third kappa shape index (κ3) is 3.87. The van der Waals surface area contributed by atoms with E-state index in [4.69, 9.17) is 9.47 Å². The van der Waals surface area contributed by atoms with E-state index < -0.39 is 16.4 Å². The van der Waals surface area contributed by atoms with Crippen molar-refractivity contribution in [2.24, 2.45) is 0 Å². The molecule has 7 nitrogen and oxygen atoms in total. The molecule has 2 heterocycles. The first-order chi connectivity index (χ1) is 15.5. The van der Waals surface area contributed by atoms with Crippen molar-refractivity contribution in [2.75, 3.05) is 26.5 Å². The number of carbonyl (C=O) groups is 2. The molecule has 0 N–H and O–H groups in total. The van der Waals surface area contributed by atoms with Crippen LogP contribution in [0.3, 0.4) is 0 Å². The maximum Gasteiger partial charge on any atom is 0.263 e. The maximum absolute atomic E-state index is 13.3. The largest absolute Gasteiger partial charge is 0.616 e. The third-order valence-electron chi connectivity index (χ3n) is 5.47. The molecule has 0 aliphatic carbocycles. The Balaban J connectivity index is 1.68. The average Bonchev–Trinajstić information content (AvgIpc) is 3.40. The summed E-state index contributed by atoms with van der Waals surface area (Å²) in [5.74, 6) is 0.324. The van der Waals surface area contributed by atoms with Gasteiger partial charge in [0.25, 0.3) is 11.8 Å². The summed E-state index contributed by atoms with van der Waals surface area (Å²) >= 11 is -1.35. The minimum Gasteiger partial charge on any atom is -0.616 e. The molecule has 1 aliphatic rings. The lowest BCUT2D eigenvalue weighted by molar-refractivity contribution is 0.0654. The van der Waals surface area contributed by atoms with Crippen LogP contribution in [0, 0.1) is 0 Å². The van der Waals surface area contributed by atoms with Gasteiger partial charge in [-0.2, -0.15) is 0 Å². The molecule has 0 spiro atoms. The third-order valence-corrected chi connectivity index (χ3v) is 6.69. The van der Waals surface area contributed by atoms with Gasteiger partial charge in [0.15, 0.2) is 16.7 Å². The van der Waals surface area contributed by atoms with Crippen LogP contribution in [0.5, 0.6) is 11.5 Å². The number of imide groups is 1. The van der Waals surface area contributed by atoms with Crippen molar-refractivity contribution in [1.82, 2.24) is 9.47 Å². The predicted octanol–water partition coefficient (Wildman–Crippen LogP) is 3.60. The normalized spacial score (nSPS) is 14.9. The number of fused-ring (bicyclic) bond motifs is 1. The summed E-state index contributed by atoms with van der Waals surface area (Å²) in [5.41, 5.74) is 2.06. The highest BCUT2D eigenvalue weighted by atomic mass is 32.2. The molecular weight excluding hydrogens is 428 g/mol. The van der Waals surface area contributed by atoms with Gasteiger partial charge in [-0.1, -0.05) is 12.1 Å². The van der Waals surface area contributed by atoms with E-state index in [1.165, 1.54) is 4.90 Å². The molecular formula is C24H24N2O5S. The van der Waals surface area contributed by atoms with E-state index >= 15 is 0 Å². The number of hydrogen-bond donors (Lipinski definition) is 0. The van der Waals surface area contributed by atoms with Crippen LogP contribution in [-0.2, 0) is 11.2 Å². The second kappa shape index (κ2) is 9.10. The van der Waals surface area contributed by atoms with Crippen LogP contribution < -0.4 is 9.47 Å². The average molecular weight is 453 g/mol. The van der Waals surface area contributed by atoms with Crippen molar-refractivity contribution in [3.05, 3.63) is 77.6 Å². The fraction of sp³-hybridized carbons (Fsp3) is 0.250. The zero-order valence-electron chi connectivity index (χ0n) is 18.1. The smallest absolute Gasteiger partial charge is 0.263 e.